The van der Waals surface area contributed by atoms with E-state index in [0.29, 0.717) is 37.3 Å². The van der Waals surface area contributed by atoms with E-state index >= 15 is 0 Å². The molecule has 1 aromatic carbocycles. The lowest BCUT2D eigenvalue weighted by Crippen LogP contribution is -2.50. The summed E-state index contributed by atoms with van der Waals surface area (Å²) >= 11 is 0. The molecule has 0 aromatic heterocycles. The molecule has 2 atom stereocenters. The number of rotatable bonds is 11. The quantitative estimate of drug-likeness (QED) is 0.215. The number of guanidine groups is 1. The van der Waals surface area contributed by atoms with Crippen LogP contribution in [0.2, 0.25) is 0 Å². The van der Waals surface area contributed by atoms with Crippen LogP contribution < -0.4 is 22.1 Å². The molecule has 150 valence electrons. The average Bonchev–Trinajstić information content (AvgIpc) is 2.63. The molecule has 0 heterocycles. The van der Waals surface area contributed by atoms with E-state index in [0.717, 1.165) is 0 Å². The predicted octanol–water partition coefficient (Wildman–Crippen LogP) is 0.362. The highest BCUT2D eigenvalue weighted by Crippen LogP contribution is 2.07. The molecule has 27 heavy (non-hydrogen) atoms. The molecule has 0 saturated heterocycles. The maximum absolute atomic E-state index is 12.7. The summed E-state index contributed by atoms with van der Waals surface area (Å²) in [6.45, 7) is 4.23. The Kier molecular flexibility index (Phi) is 9.89. The summed E-state index contributed by atoms with van der Waals surface area (Å²) in [6, 6.07) is 7.59. The molecule has 0 saturated carbocycles. The second-order valence-corrected chi connectivity index (χ2v) is 6.86. The summed E-state index contributed by atoms with van der Waals surface area (Å²) in [6.07, 6.45) is 1.55. The average molecular weight is 377 g/mol. The highest BCUT2D eigenvalue weighted by atomic mass is 16.3. The smallest absolute Gasteiger partial charge is 0.251 e. The van der Waals surface area contributed by atoms with Crippen LogP contribution in [-0.2, 0) is 4.79 Å². The summed E-state index contributed by atoms with van der Waals surface area (Å²) in [4.78, 5) is 29.0. The van der Waals surface area contributed by atoms with Crippen LogP contribution in [0.3, 0.4) is 0 Å². The molecular formula is C19H31N5O3. The Morgan fingerprint density at radius 2 is 1.81 bits per heavy atom. The van der Waals surface area contributed by atoms with Crippen LogP contribution in [-0.4, -0.2) is 48.1 Å². The van der Waals surface area contributed by atoms with E-state index in [1.807, 2.05) is 19.9 Å². The fourth-order valence-corrected chi connectivity index (χ4v) is 2.65. The van der Waals surface area contributed by atoms with E-state index in [9.17, 15) is 14.7 Å². The van der Waals surface area contributed by atoms with Crippen LogP contribution in [0, 0.1) is 5.92 Å². The molecule has 0 aliphatic heterocycles. The van der Waals surface area contributed by atoms with Crippen molar-refractivity contribution in [2.45, 2.75) is 45.2 Å². The number of aliphatic hydroxyl groups is 1. The Balaban J connectivity index is 2.77. The summed E-state index contributed by atoms with van der Waals surface area (Å²) in [5.74, 6) is -0.353. The molecule has 0 fully saturated rings. The summed E-state index contributed by atoms with van der Waals surface area (Å²) < 4.78 is 0. The highest BCUT2D eigenvalue weighted by Gasteiger charge is 2.23. The minimum Gasteiger partial charge on any atom is -0.394 e. The minimum absolute atomic E-state index is 0.0124. The zero-order valence-electron chi connectivity index (χ0n) is 16.0. The van der Waals surface area contributed by atoms with E-state index in [4.69, 9.17) is 11.5 Å². The van der Waals surface area contributed by atoms with Crippen LogP contribution in [0.1, 0.15) is 43.5 Å². The van der Waals surface area contributed by atoms with Gasteiger partial charge >= 0.3 is 0 Å². The van der Waals surface area contributed by atoms with Gasteiger partial charge in [0.05, 0.1) is 12.6 Å². The predicted molar refractivity (Wildman–Crippen MR) is 106 cm³/mol. The van der Waals surface area contributed by atoms with E-state index in [2.05, 4.69) is 15.6 Å². The van der Waals surface area contributed by atoms with E-state index in [1.165, 1.54) is 0 Å². The number of nitrogens with one attached hydrogen (secondary N) is 2. The molecule has 8 heteroatoms. The number of aliphatic hydroxyl groups excluding tert-OH is 1. The van der Waals surface area contributed by atoms with Gasteiger partial charge in [0, 0.05) is 12.1 Å². The lowest BCUT2D eigenvalue weighted by atomic mass is 10.0. The number of amides is 2. The third-order valence-electron chi connectivity index (χ3n) is 3.93. The van der Waals surface area contributed by atoms with Crippen molar-refractivity contribution in [3.05, 3.63) is 35.9 Å². The first-order valence-corrected chi connectivity index (χ1v) is 9.16. The molecule has 0 spiro atoms. The Bertz CT molecular complexity index is 615. The van der Waals surface area contributed by atoms with Crippen molar-refractivity contribution in [1.29, 1.82) is 0 Å². The number of nitrogens with zero attached hydrogens (tertiary/aromatic N) is 1. The molecule has 0 bridgehead atoms. The largest absolute Gasteiger partial charge is 0.394 e. The van der Waals surface area contributed by atoms with E-state index in [1.54, 1.807) is 24.3 Å². The molecule has 1 rings (SSSR count). The first-order chi connectivity index (χ1) is 12.8. The molecule has 8 nitrogen and oxygen atoms in total. The van der Waals surface area contributed by atoms with Gasteiger partial charge in [0.15, 0.2) is 5.96 Å². The summed E-state index contributed by atoms with van der Waals surface area (Å²) in [5, 5.41) is 15.1. The molecule has 1 aromatic rings. The Hall–Kier alpha value is -2.61. The molecule has 1 unspecified atom stereocenters. The second kappa shape index (κ2) is 11.9. The molecule has 7 N–H and O–H groups in total. The maximum atomic E-state index is 12.7. The van der Waals surface area contributed by atoms with Crippen molar-refractivity contribution in [3.8, 4) is 0 Å². The number of benzene rings is 1. The number of nitrogens with two attached hydrogens (primary N) is 2. The number of hydrogen-bond donors (Lipinski definition) is 5. The van der Waals surface area contributed by atoms with E-state index < -0.39 is 6.04 Å². The normalized spacial score (nSPS) is 12.9. The van der Waals surface area contributed by atoms with Crippen molar-refractivity contribution >= 4 is 17.8 Å². The van der Waals surface area contributed by atoms with Gasteiger partial charge in [0.2, 0.25) is 5.91 Å². The lowest BCUT2D eigenvalue weighted by molar-refractivity contribution is -0.124. The van der Waals surface area contributed by atoms with E-state index in [-0.39, 0.29) is 30.4 Å². The summed E-state index contributed by atoms with van der Waals surface area (Å²) in [7, 11) is 0. The van der Waals surface area contributed by atoms with Crippen LogP contribution >= 0.6 is 0 Å². The molecule has 2 amide bonds. The number of aliphatic imine (C=N–C) groups is 1. The van der Waals surface area contributed by atoms with Crippen molar-refractivity contribution < 1.29 is 14.7 Å². The first kappa shape index (κ1) is 22.4. The van der Waals surface area contributed by atoms with Gasteiger partial charge in [-0.25, -0.2) is 0 Å². The van der Waals surface area contributed by atoms with Gasteiger partial charge in [0.1, 0.15) is 6.04 Å². The molecule has 0 aliphatic rings. The number of carbonyl (C=O) groups is 2. The van der Waals surface area contributed by atoms with Crippen LogP contribution in [0.5, 0.6) is 0 Å². The topological polar surface area (TPSA) is 143 Å². The number of carbonyl (C=O) groups excluding carboxylic acids is 2. The third kappa shape index (κ3) is 9.05. The Morgan fingerprint density at radius 1 is 1.15 bits per heavy atom. The highest BCUT2D eigenvalue weighted by molar-refractivity contribution is 5.97. The zero-order chi connectivity index (χ0) is 20.2. The van der Waals surface area contributed by atoms with Gasteiger partial charge in [0.25, 0.3) is 5.91 Å². The minimum atomic E-state index is -0.742. The molecule has 0 radical (unpaired) electrons. The van der Waals surface area contributed by atoms with Crippen LogP contribution in [0.15, 0.2) is 35.3 Å². The fourth-order valence-electron chi connectivity index (χ4n) is 2.65. The summed E-state index contributed by atoms with van der Waals surface area (Å²) in [5.41, 5.74) is 11.1. The second-order valence-electron chi connectivity index (χ2n) is 6.86. The van der Waals surface area contributed by atoms with Gasteiger partial charge in [-0.05, 0) is 37.3 Å². The zero-order valence-corrected chi connectivity index (χ0v) is 16.0. The number of hydrogen-bond acceptors (Lipinski definition) is 4. The fraction of sp³-hybridized carbons (Fsp3) is 0.526. The van der Waals surface area contributed by atoms with Gasteiger partial charge in [-0.2, -0.15) is 0 Å². The lowest BCUT2D eigenvalue weighted by Gasteiger charge is -2.23. The van der Waals surface area contributed by atoms with Crippen molar-refractivity contribution in [2.24, 2.45) is 22.4 Å². The van der Waals surface area contributed by atoms with Crippen molar-refractivity contribution in [3.63, 3.8) is 0 Å². The van der Waals surface area contributed by atoms with Gasteiger partial charge < -0.3 is 27.2 Å². The first-order valence-electron chi connectivity index (χ1n) is 9.16. The van der Waals surface area contributed by atoms with Crippen molar-refractivity contribution in [1.82, 2.24) is 10.6 Å². The van der Waals surface area contributed by atoms with Crippen LogP contribution in [0.4, 0.5) is 0 Å². The Labute approximate surface area is 160 Å². The van der Waals surface area contributed by atoms with Gasteiger partial charge in [-0.3, -0.25) is 14.6 Å². The monoisotopic (exact) mass is 377 g/mol. The standard InChI is InChI=1S/C19H31N5O3/c1-13(2)11-15(12-25)23-18(27)16(9-6-10-22-19(20)21)24-17(26)14-7-4-3-5-8-14/h3-5,7-8,13,15-16,25H,6,9-12H2,1-2H3,(H,23,27)(H,24,26)(H4,20,21,22)/t15?,16-/m0/s1. The molecular weight excluding hydrogens is 346 g/mol. The maximum Gasteiger partial charge on any atom is 0.251 e. The molecule has 0 aliphatic carbocycles. The van der Waals surface area contributed by atoms with Crippen LogP contribution in [0.25, 0.3) is 0 Å². The van der Waals surface area contributed by atoms with Gasteiger partial charge in [-0.1, -0.05) is 32.0 Å². The third-order valence-corrected chi connectivity index (χ3v) is 3.93. The van der Waals surface area contributed by atoms with Crippen molar-refractivity contribution in [2.75, 3.05) is 13.2 Å². The Morgan fingerprint density at radius 3 is 2.37 bits per heavy atom. The van der Waals surface area contributed by atoms with Gasteiger partial charge in [-0.15, -0.1) is 0 Å². The SMILES string of the molecule is CC(C)CC(CO)NC(=O)[C@H](CCCN=C(N)N)NC(=O)c1ccccc1.